The summed E-state index contributed by atoms with van der Waals surface area (Å²) in [5, 5.41) is 13.6. The molecule has 164 valence electrons. The van der Waals surface area contributed by atoms with Crippen LogP contribution in [-0.2, 0) is 11.3 Å². The van der Waals surface area contributed by atoms with Gasteiger partial charge in [0.15, 0.2) is 5.69 Å². The van der Waals surface area contributed by atoms with Gasteiger partial charge in [-0.25, -0.2) is 4.79 Å². The lowest BCUT2D eigenvalue weighted by atomic mass is 9.98. The van der Waals surface area contributed by atoms with Crippen molar-refractivity contribution in [2.45, 2.75) is 46.8 Å². The number of primary amides is 1. The van der Waals surface area contributed by atoms with E-state index in [4.69, 9.17) is 10.5 Å². The molecule has 7 heteroatoms. The standard InChI is InChI=1S/C25H26N4O3/c1-15-12-19(10-11-20(15)13-26)21-16(2)29(28-22(21)23(27)30)14-17-6-8-18(9-7-17)24(31)32-25(3,4)5/h6-12H,14H2,1-5H3,(H2,27,30). The van der Waals surface area contributed by atoms with E-state index in [0.717, 1.165) is 22.4 Å². The van der Waals surface area contributed by atoms with Crippen molar-refractivity contribution < 1.29 is 14.3 Å². The largest absolute Gasteiger partial charge is 0.456 e. The van der Waals surface area contributed by atoms with Gasteiger partial charge in [0.05, 0.1) is 23.7 Å². The van der Waals surface area contributed by atoms with Crippen molar-refractivity contribution in [1.29, 1.82) is 5.26 Å². The number of esters is 1. The van der Waals surface area contributed by atoms with Gasteiger partial charge in [0, 0.05) is 11.3 Å². The summed E-state index contributed by atoms with van der Waals surface area (Å²) in [5.41, 5.74) is 10.2. The number of rotatable bonds is 5. The number of ether oxygens (including phenoxy) is 1. The van der Waals surface area contributed by atoms with E-state index < -0.39 is 11.5 Å². The Kier molecular flexibility index (Phi) is 6.17. The van der Waals surface area contributed by atoms with Crippen molar-refractivity contribution in [3.8, 4) is 17.2 Å². The maximum absolute atomic E-state index is 12.2. The SMILES string of the molecule is Cc1cc(-c2c(C(N)=O)nn(Cc3ccc(C(=O)OC(C)(C)C)cc3)c2C)ccc1C#N. The average molecular weight is 431 g/mol. The highest BCUT2D eigenvalue weighted by molar-refractivity contribution is 5.98. The van der Waals surface area contributed by atoms with Crippen molar-refractivity contribution >= 4 is 11.9 Å². The molecule has 1 aromatic heterocycles. The molecule has 1 heterocycles. The van der Waals surface area contributed by atoms with E-state index >= 15 is 0 Å². The molecular formula is C25H26N4O3. The van der Waals surface area contributed by atoms with Gasteiger partial charge in [-0.3, -0.25) is 9.48 Å². The van der Waals surface area contributed by atoms with Crippen LogP contribution < -0.4 is 5.73 Å². The van der Waals surface area contributed by atoms with E-state index in [1.54, 1.807) is 28.9 Å². The average Bonchev–Trinajstić information content (AvgIpc) is 3.03. The first-order chi connectivity index (χ1) is 15.0. The number of aryl methyl sites for hydroxylation is 1. The van der Waals surface area contributed by atoms with E-state index in [9.17, 15) is 14.9 Å². The van der Waals surface area contributed by atoms with Crippen LogP contribution in [0.2, 0.25) is 0 Å². The molecule has 7 nitrogen and oxygen atoms in total. The summed E-state index contributed by atoms with van der Waals surface area (Å²) in [7, 11) is 0. The molecule has 32 heavy (non-hydrogen) atoms. The molecule has 3 aromatic rings. The predicted molar refractivity (Wildman–Crippen MR) is 121 cm³/mol. The molecule has 0 saturated heterocycles. The molecule has 0 unspecified atom stereocenters. The van der Waals surface area contributed by atoms with Gasteiger partial charge in [0.2, 0.25) is 0 Å². The monoisotopic (exact) mass is 430 g/mol. The number of nitriles is 1. The van der Waals surface area contributed by atoms with E-state index in [1.165, 1.54) is 0 Å². The fourth-order valence-electron chi connectivity index (χ4n) is 3.42. The van der Waals surface area contributed by atoms with Crippen LogP contribution in [0.15, 0.2) is 42.5 Å². The Labute approximate surface area is 187 Å². The number of hydrogen-bond donors (Lipinski definition) is 1. The zero-order valence-electron chi connectivity index (χ0n) is 18.9. The molecule has 3 rings (SSSR count). The van der Waals surface area contributed by atoms with Gasteiger partial charge in [-0.1, -0.05) is 18.2 Å². The highest BCUT2D eigenvalue weighted by atomic mass is 16.6. The summed E-state index contributed by atoms with van der Waals surface area (Å²) in [6.07, 6.45) is 0. The third-order valence-corrected chi connectivity index (χ3v) is 5.00. The number of benzene rings is 2. The van der Waals surface area contributed by atoms with Crippen LogP contribution in [0, 0.1) is 25.2 Å². The summed E-state index contributed by atoms with van der Waals surface area (Å²) in [5.74, 6) is -1.00. The Hall–Kier alpha value is -3.92. The first-order valence-corrected chi connectivity index (χ1v) is 10.2. The smallest absolute Gasteiger partial charge is 0.338 e. The molecule has 2 aromatic carbocycles. The minimum Gasteiger partial charge on any atom is -0.456 e. The van der Waals surface area contributed by atoms with Crippen LogP contribution in [0.3, 0.4) is 0 Å². The molecule has 0 aliphatic carbocycles. The Morgan fingerprint density at radius 1 is 1.12 bits per heavy atom. The highest BCUT2D eigenvalue weighted by Gasteiger charge is 2.21. The quantitative estimate of drug-likeness (QED) is 0.612. The molecule has 1 amide bonds. The Bertz CT molecular complexity index is 1230. The van der Waals surface area contributed by atoms with Crippen LogP contribution in [0.25, 0.3) is 11.1 Å². The van der Waals surface area contributed by atoms with Gasteiger partial charge >= 0.3 is 5.97 Å². The summed E-state index contributed by atoms with van der Waals surface area (Å²) in [6, 6.07) is 14.6. The molecule has 0 saturated carbocycles. The second-order valence-corrected chi connectivity index (χ2v) is 8.67. The van der Waals surface area contributed by atoms with Crippen molar-refractivity contribution in [1.82, 2.24) is 9.78 Å². The molecule has 0 atom stereocenters. The maximum atomic E-state index is 12.2. The van der Waals surface area contributed by atoms with E-state index in [1.807, 2.05) is 52.8 Å². The first-order valence-electron chi connectivity index (χ1n) is 10.2. The summed E-state index contributed by atoms with van der Waals surface area (Å²) in [4.78, 5) is 24.3. The first kappa shape index (κ1) is 22.8. The van der Waals surface area contributed by atoms with E-state index in [2.05, 4.69) is 11.2 Å². The van der Waals surface area contributed by atoms with E-state index in [0.29, 0.717) is 23.2 Å². The molecule has 0 spiro atoms. The minimum absolute atomic E-state index is 0.178. The molecule has 0 bridgehead atoms. The number of carbonyl (C=O) groups excluding carboxylic acids is 2. The Balaban J connectivity index is 1.92. The summed E-state index contributed by atoms with van der Waals surface area (Å²) >= 11 is 0. The highest BCUT2D eigenvalue weighted by Crippen LogP contribution is 2.29. The predicted octanol–water partition coefficient (Wildman–Crippen LogP) is 4.14. The second-order valence-electron chi connectivity index (χ2n) is 8.67. The topological polar surface area (TPSA) is 111 Å². The molecule has 0 radical (unpaired) electrons. The number of amides is 1. The zero-order chi connectivity index (χ0) is 23.6. The van der Waals surface area contributed by atoms with Crippen molar-refractivity contribution in [3.63, 3.8) is 0 Å². The van der Waals surface area contributed by atoms with Crippen molar-refractivity contribution in [3.05, 3.63) is 76.1 Å². The maximum Gasteiger partial charge on any atom is 0.338 e. The van der Waals surface area contributed by atoms with Gasteiger partial charge < -0.3 is 10.5 Å². The van der Waals surface area contributed by atoms with E-state index in [-0.39, 0.29) is 11.7 Å². The van der Waals surface area contributed by atoms with Gasteiger partial charge in [0.25, 0.3) is 5.91 Å². The molecule has 2 N–H and O–H groups in total. The fraction of sp³-hybridized carbons (Fsp3) is 0.280. The van der Waals surface area contributed by atoms with Crippen LogP contribution >= 0.6 is 0 Å². The van der Waals surface area contributed by atoms with Crippen LogP contribution in [0.5, 0.6) is 0 Å². The van der Waals surface area contributed by atoms with Crippen LogP contribution in [-0.4, -0.2) is 27.3 Å². The lowest BCUT2D eigenvalue weighted by molar-refractivity contribution is 0.00694. The Morgan fingerprint density at radius 2 is 1.78 bits per heavy atom. The van der Waals surface area contributed by atoms with Crippen molar-refractivity contribution in [2.75, 3.05) is 0 Å². The number of aromatic nitrogens is 2. The number of hydrogen-bond acceptors (Lipinski definition) is 5. The van der Waals surface area contributed by atoms with Gasteiger partial charge in [0.1, 0.15) is 5.60 Å². The molecular weight excluding hydrogens is 404 g/mol. The number of nitrogens with zero attached hydrogens (tertiary/aromatic N) is 3. The molecule has 0 fully saturated rings. The van der Waals surface area contributed by atoms with Crippen LogP contribution in [0.4, 0.5) is 0 Å². The third-order valence-electron chi connectivity index (χ3n) is 5.00. The van der Waals surface area contributed by atoms with Gasteiger partial charge in [-0.05, 0) is 75.6 Å². The summed E-state index contributed by atoms with van der Waals surface area (Å²) < 4.78 is 7.11. The fourth-order valence-corrected chi connectivity index (χ4v) is 3.42. The Morgan fingerprint density at radius 3 is 2.31 bits per heavy atom. The molecule has 0 aliphatic rings. The second kappa shape index (κ2) is 8.67. The third kappa shape index (κ3) is 4.86. The normalized spacial score (nSPS) is 11.1. The minimum atomic E-state index is -0.621. The molecule has 0 aliphatic heterocycles. The lowest BCUT2D eigenvalue weighted by Crippen LogP contribution is -2.23. The number of nitrogens with two attached hydrogens (primary N) is 1. The lowest BCUT2D eigenvalue weighted by Gasteiger charge is -2.19. The number of carbonyl (C=O) groups is 2. The van der Waals surface area contributed by atoms with Gasteiger partial charge in [-0.2, -0.15) is 10.4 Å². The van der Waals surface area contributed by atoms with Gasteiger partial charge in [-0.15, -0.1) is 0 Å². The van der Waals surface area contributed by atoms with Crippen molar-refractivity contribution in [2.24, 2.45) is 5.73 Å². The van der Waals surface area contributed by atoms with Crippen LogP contribution in [0.1, 0.15) is 64.0 Å². The zero-order valence-corrected chi connectivity index (χ0v) is 18.9. The summed E-state index contributed by atoms with van der Waals surface area (Å²) in [6.45, 7) is 9.58.